The highest BCUT2D eigenvalue weighted by atomic mass is 16.5. The lowest BCUT2D eigenvalue weighted by atomic mass is 10.1. The zero-order chi connectivity index (χ0) is 15.8. The van der Waals surface area contributed by atoms with Gasteiger partial charge in [0.05, 0.1) is 13.7 Å². The van der Waals surface area contributed by atoms with Crippen molar-refractivity contribution >= 4 is 5.69 Å². The van der Waals surface area contributed by atoms with Crippen LogP contribution in [0.2, 0.25) is 0 Å². The van der Waals surface area contributed by atoms with E-state index < -0.39 is 0 Å². The Bertz CT molecular complexity index is 581. The number of benzene rings is 2. The van der Waals surface area contributed by atoms with Crippen molar-refractivity contribution < 1.29 is 14.2 Å². The van der Waals surface area contributed by atoms with Crippen molar-refractivity contribution in [2.45, 2.75) is 13.5 Å². The van der Waals surface area contributed by atoms with Gasteiger partial charge in [-0.15, -0.1) is 0 Å². The van der Waals surface area contributed by atoms with Gasteiger partial charge in [-0.3, -0.25) is 0 Å². The van der Waals surface area contributed by atoms with Gasteiger partial charge >= 0.3 is 0 Å². The second-order valence-electron chi connectivity index (χ2n) is 5.01. The standard InChI is InChI=1S/C18H23NO3/c1-14-7-9-16(10-8-14)19-13-15-5-4-6-17(21-3)18(15)22-12-11-20-2/h4-10,19H,11-13H2,1-3H3. The molecule has 0 saturated heterocycles. The minimum Gasteiger partial charge on any atom is -0.493 e. The van der Waals surface area contributed by atoms with Gasteiger partial charge in [0.25, 0.3) is 0 Å². The maximum atomic E-state index is 5.82. The fourth-order valence-electron chi connectivity index (χ4n) is 2.12. The van der Waals surface area contributed by atoms with Crippen molar-refractivity contribution in [2.75, 3.05) is 32.8 Å². The van der Waals surface area contributed by atoms with E-state index in [1.807, 2.05) is 18.2 Å². The minimum absolute atomic E-state index is 0.494. The molecule has 0 saturated carbocycles. The van der Waals surface area contributed by atoms with Crippen molar-refractivity contribution in [3.05, 3.63) is 53.6 Å². The molecule has 4 nitrogen and oxygen atoms in total. The maximum absolute atomic E-state index is 5.82. The molecule has 0 fully saturated rings. The van der Waals surface area contributed by atoms with Crippen molar-refractivity contribution in [1.29, 1.82) is 0 Å². The minimum atomic E-state index is 0.494. The summed E-state index contributed by atoms with van der Waals surface area (Å²) < 4.78 is 16.2. The van der Waals surface area contributed by atoms with Crippen LogP contribution in [0.15, 0.2) is 42.5 Å². The second-order valence-corrected chi connectivity index (χ2v) is 5.01. The van der Waals surface area contributed by atoms with Crippen LogP contribution in [0, 0.1) is 6.92 Å². The number of anilines is 1. The van der Waals surface area contributed by atoms with Crippen molar-refractivity contribution in [3.8, 4) is 11.5 Å². The fourth-order valence-corrected chi connectivity index (χ4v) is 2.12. The number of hydrogen-bond donors (Lipinski definition) is 1. The third kappa shape index (κ3) is 4.40. The molecule has 22 heavy (non-hydrogen) atoms. The smallest absolute Gasteiger partial charge is 0.166 e. The van der Waals surface area contributed by atoms with E-state index in [1.54, 1.807) is 14.2 Å². The summed E-state index contributed by atoms with van der Waals surface area (Å²) in [6.07, 6.45) is 0. The molecule has 1 N–H and O–H groups in total. The summed E-state index contributed by atoms with van der Waals surface area (Å²) in [4.78, 5) is 0. The van der Waals surface area contributed by atoms with Crippen LogP contribution in [0.5, 0.6) is 11.5 Å². The Labute approximate surface area is 132 Å². The molecule has 0 spiro atoms. The van der Waals surface area contributed by atoms with Gasteiger partial charge in [0.1, 0.15) is 6.61 Å². The number of hydrogen-bond acceptors (Lipinski definition) is 4. The van der Waals surface area contributed by atoms with Crippen LogP contribution in [0.25, 0.3) is 0 Å². The van der Waals surface area contributed by atoms with E-state index in [-0.39, 0.29) is 0 Å². The highest BCUT2D eigenvalue weighted by Crippen LogP contribution is 2.31. The first-order valence-corrected chi connectivity index (χ1v) is 7.32. The molecule has 0 amide bonds. The largest absolute Gasteiger partial charge is 0.493 e. The summed E-state index contributed by atoms with van der Waals surface area (Å²) in [6.45, 7) is 3.79. The van der Waals surface area contributed by atoms with Crippen LogP contribution >= 0.6 is 0 Å². The van der Waals surface area contributed by atoms with Crippen molar-refractivity contribution in [1.82, 2.24) is 0 Å². The summed E-state index contributed by atoms with van der Waals surface area (Å²) >= 11 is 0. The lowest BCUT2D eigenvalue weighted by molar-refractivity contribution is 0.143. The number of aryl methyl sites for hydroxylation is 1. The maximum Gasteiger partial charge on any atom is 0.166 e. The summed E-state index contributed by atoms with van der Waals surface area (Å²) in [7, 11) is 3.31. The van der Waals surface area contributed by atoms with E-state index >= 15 is 0 Å². The molecule has 0 aliphatic rings. The quantitative estimate of drug-likeness (QED) is 0.756. The average molecular weight is 301 g/mol. The summed E-state index contributed by atoms with van der Waals surface area (Å²) in [5.41, 5.74) is 3.38. The molecule has 2 aromatic rings. The Hall–Kier alpha value is -2.20. The van der Waals surface area contributed by atoms with Crippen LogP contribution in [0.1, 0.15) is 11.1 Å². The molecule has 0 aliphatic heterocycles. The van der Waals surface area contributed by atoms with E-state index in [0.29, 0.717) is 19.8 Å². The zero-order valence-corrected chi connectivity index (χ0v) is 13.4. The predicted octanol–water partition coefficient (Wildman–Crippen LogP) is 3.64. The molecule has 2 rings (SSSR count). The Morgan fingerprint density at radius 3 is 2.41 bits per heavy atom. The number of nitrogens with one attached hydrogen (secondary N) is 1. The highest BCUT2D eigenvalue weighted by Gasteiger charge is 2.10. The fraction of sp³-hybridized carbons (Fsp3) is 0.333. The van der Waals surface area contributed by atoms with E-state index in [1.165, 1.54) is 5.56 Å². The molecule has 4 heteroatoms. The molecule has 0 unspecified atom stereocenters. The van der Waals surface area contributed by atoms with Crippen LogP contribution in [-0.4, -0.2) is 27.4 Å². The molecule has 2 aromatic carbocycles. The molecule has 0 bridgehead atoms. The van der Waals surface area contributed by atoms with E-state index in [2.05, 4.69) is 36.5 Å². The number of rotatable bonds is 8. The lowest BCUT2D eigenvalue weighted by Crippen LogP contribution is -2.09. The average Bonchev–Trinajstić information content (AvgIpc) is 2.55. The number of para-hydroxylation sites is 1. The Morgan fingerprint density at radius 1 is 0.955 bits per heavy atom. The Balaban J connectivity index is 2.09. The first-order valence-electron chi connectivity index (χ1n) is 7.32. The molecule has 118 valence electrons. The number of methoxy groups -OCH3 is 2. The predicted molar refractivity (Wildman–Crippen MR) is 88.9 cm³/mol. The van der Waals surface area contributed by atoms with Gasteiger partial charge in [0.2, 0.25) is 0 Å². The van der Waals surface area contributed by atoms with Crippen LogP contribution < -0.4 is 14.8 Å². The normalized spacial score (nSPS) is 10.3. The second kappa shape index (κ2) is 8.29. The van der Waals surface area contributed by atoms with E-state index in [0.717, 1.165) is 22.7 Å². The molecular weight excluding hydrogens is 278 g/mol. The van der Waals surface area contributed by atoms with Crippen molar-refractivity contribution in [2.24, 2.45) is 0 Å². The first kappa shape index (κ1) is 16.2. The first-order chi connectivity index (χ1) is 10.7. The molecule has 0 aliphatic carbocycles. The molecular formula is C18H23NO3. The van der Waals surface area contributed by atoms with Crippen molar-refractivity contribution in [3.63, 3.8) is 0 Å². The van der Waals surface area contributed by atoms with E-state index in [4.69, 9.17) is 14.2 Å². The van der Waals surface area contributed by atoms with Gasteiger partial charge in [-0.1, -0.05) is 29.8 Å². The molecule has 0 radical (unpaired) electrons. The lowest BCUT2D eigenvalue weighted by Gasteiger charge is -2.16. The zero-order valence-electron chi connectivity index (χ0n) is 13.4. The summed E-state index contributed by atoms with van der Waals surface area (Å²) in [6, 6.07) is 14.2. The van der Waals surface area contributed by atoms with Gasteiger partial charge in [-0.25, -0.2) is 0 Å². The van der Waals surface area contributed by atoms with Crippen LogP contribution in [0.3, 0.4) is 0 Å². The summed E-state index contributed by atoms with van der Waals surface area (Å²) in [5.74, 6) is 1.50. The third-order valence-electron chi connectivity index (χ3n) is 3.35. The van der Waals surface area contributed by atoms with Gasteiger partial charge < -0.3 is 19.5 Å². The third-order valence-corrected chi connectivity index (χ3v) is 3.35. The molecule has 0 aromatic heterocycles. The number of ether oxygens (including phenoxy) is 3. The monoisotopic (exact) mass is 301 g/mol. The Kier molecular flexibility index (Phi) is 6.10. The summed E-state index contributed by atoms with van der Waals surface area (Å²) in [5, 5.41) is 3.40. The SMILES string of the molecule is COCCOc1c(CNc2ccc(C)cc2)cccc1OC. The van der Waals surface area contributed by atoms with Gasteiger partial charge in [0, 0.05) is 24.9 Å². The van der Waals surface area contributed by atoms with Crippen LogP contribution in [0.4, 0.5) is 5.69 Å². The highest BCUT2D eigenvalue weighted by molar-refractivity contribution is 5.50. The molecule has 0 atom stereocenters. The topological polar surface area (TPSA) is 39.7 Å². The van der Waals surface area contributed by atoms with E-state index in [9.17, 15) is 0 Å². The van der Waals surface area contributed by atoms with Gasteiger partial charge in [-0.2, -0.15) is 0 Å². The van der Waals surface area contributed by atoms with Crippen LogP contribution in [-0.2, 0) is 11.3 Å². The van der Waals surface area contributed by atoms with Gasteiger partial charge in [-0.05, 0) is 25.1 Å². The van der Waals surface area contributed by atoms with Gasteiger partial charge in [0.15, 0.2) is 11.5 Å². The molecule has 0 heterocycles. The Morgan fingerprint density at radius 2 is 1.73 bits per heavy atom.